The van der Waals surface area contributed by atoms with Crippen molar-refractivity contribution in [2.24, 2.45) is 0 Å². The number of carbonyl (C=O) groups is 1. The van der Waals surface area contributed by atoms with E-state index in [0.29, 0.717) is 35.8 Å². The van der Waals surface area contributed by atoms with Gasteiger partial charge in [0.15, 0.2) is 0 Å². The minimum absolute atomic E-state index is 0.223. The molecule has 9 heteroatoms. The van der Waals surface area contributed by atoms with Gasteiger partial charge in [-0.05, 0) is 56.0 Å². The number of amides is 1. The minimum Gasteiger partial charge on any atom is -0.497 e. The molecule has 0 aromatic heterocycles. The van der Waals surface area contributed by atoms with E-state index < -0.39 is 10.0 Å². The number of nitrogens with zero attached hydrogens (tertiary/aromatic N) is 2. The zero-order chi connectivity index (χ0) is 23.4. The van der Waals surface area contributed by atoms with E-state index in [1.54, 1.807) is 38.5 Å². The zero-order valence-corrected chi connectivity index (χ0v) is 20.0. The maximum absolute atomic E-state index is 13.4. The van der Waals surface area contributed by atoms with E-state index in [1.807, 2.05) is 6.07 Å². The van der Waals surface area contributed by atoms with Crippen LogP contribution in [0.3, 0.4) is 0 Å². The first-order valence-corrected chi connectivity index (χ1v) is 12.8. The van der Waals surface area contributed by atoms with Gasteiger partial charge in [0.25, 0.3) is 5.91 Å². The molecule has 0 saturated carbocycles. The Bertz CT molecular complexity index is 1110. The summed E-state index contributed by atoms with van der Waals surface area (Å²) < 4.78 is 39.0. The lowest BCUT2D eigenvalue weighted by atomic mass is 10.1. The molecule has 2 heterocycles. The SMILES string of the molecule is COc1ccc(CNC(=O)c2ccc(N3CCCC3)c(S(=O)(=O)N3CCCC3)c2)c(OC)c1. The summed E-state index contributed by atoms with van der Waals surface area (Å²) in [6, 6.07) is 10.4. The van der Waals surface area contributed by atoms with Gasteiger partial charge in [0, 0.05) is 49.9 Å². The van der Waals surface area contributed by atoms with Gasteiger partial charge in [-0.3, -0.25) is 4.79 Å². The molecule has 178 valence electrons. The molecule has 2 aliphatic heterocycles. The maximum Gasteiger partial charge on any atom is 0.251 e. The quantitative estimate of drug-likeness (QED) is 0.634. The number of carbonyl (C=O) groups excluding carboxylic acids is 1. The lowest BCUT2D eigenvalue weighted by Gasteiger charge is -2.24. The third kappa shape index (κ3) is 4.94. The monoisotopic (exact) mass is 473 g/mol. The Morgan fingerprint density at radius 1 is 0.939 bits per heavy atom. The first kappa shape index (κ1) is 23.4. The minimum atomic E-state index is -3.67. The Morgan fingerprint density at radius 3 is 2.30 bits per heavy atom. The van der Waals surface area contributed by atoms with Gasteiger partial charge in [0.2, 0.25) is 10.0 Å². The molecule has 8 nitrogen and oxygen atoms in total. The highest BCUT2D eigenvalue weighted by atomic mass is 32.2. The normalized spacial score (nSPS) is 16.7. The molecule has 2 aromatic carbocycles. The average Bonchev–Trinajstić information content (AvgIpc) is 3.57. The Balaban J connectivity index is 1.59. The van der Waals surface area contributed by atoms with Crippen LogP contribution in [0.15, 0.2) is 41.3 Å². The molecule has 2 aromatic rings. The van der Waals surface area contributed by atoms with Crippen LogP contribution in [0.2, 0.25) is 0 Å². The van der Waals surface area contributed by atoms with E-state index in [-0.39, 0.29) is 17.3 Å². The summed E-state index contributed by atoms with van der Waals surface area (Å²) in [4.78, 5) is 15.3. The van der Waals surface area contributed by atoms with Crippen molar-refractivity contribution in [2.75, 3.05) is 45.3 Å². The molecular weight excluding hydrogens is 442 g/mol. The van der Waals surface area contributed by atoms with Crippen LogP contribution < -0.4 is 19.7 Å². The van der Waals surface area contributed by atoms with Crippen molar-refractivity contribution in [1.29, 1.82) is 0 Å². The molecule has 0 radical (unpaired) electrons. The predicted molar refractivity (Wildman–Crippen MR) is 127 cm³/mol. The average molecular weight is 474 g/mol. The van der Waals surface area contributed by atoms with E-state index in [0.717, 1.165) is 44.3 Å². The summed E-state index contributed by atoms with van der Waals surface area (Å²) in [5.74, 6) is 0.936. The molecule has 2 saturated heterocycles. The molecule has 2 fully saturated rings. The summed E-state index contributed by atoms with van der Waals surface area (Å²) in [6.45, 7) is 2.94. The van der Waals surface area contributed by atoms with Gasteiger partial charge in [0.05, 0.1) is 19.9 Å². The van der Waals surface area contributed by atoms with Crippen molar-refractivity contribution >= 4 is 21.6 Å². The van der Waals surface area contributed by atoms with E-state index in [2.05, 4.69) is 10.2 Å². The topological polar surface area (TPSA) is 88.2 Å². The molecule has 1 N–H and O–H groups in total. The van der Waals surface area contributed by atoms with Crippen LogP contribution in [0.25, 0.3) is 0 Å². The molecule has 1 amide bonds. The van der Waals surface area contributed by atoms with Crippen LogP contribution in [-0.4, -0.2) is 59.0 Å². The number of sulfonamides is 1. The third-order valence-corrected chi connectivity index (χ3v) is 8.21. The third-order valence-electron chi connectivity index (χ3n) is 6.29. The van der Waals surface area contributed by atoms with Gasteiger partial charge < -0.3 is 19.7 Å². The highest BCUT2D eigenvalue weighted by Gasteiger charge is 2.32. The summed E-state index contributed by atoms with van der Waals surface area (Å²) in [5, 5.41) is 2.88. The van der Waals surface area contributed by atoms with Crippen LogP contribution in [0.1, 0.15) is 41.6 Å². The standard InChI is InChI=1S/C24H31N3O5S/c1-31-20-9-7-19(22(16-20)32-2)17-25-24(28)18-8-10-21(26-11-3-4-12-26)23(15-18)33(29,30)27-13-5-6-14-27/h7-10,15-16H,3-6,11-14,17H2,1-2H3,(H,25,28). The first-order valence-electron chi connectivity index (χ1n) is 11.3. The number of rotatable bonds is 8. The molecule has 0 spiro atoms. The fraction of sp³-hybridized carbons (Fsp3) is 0.458. The van der Waals surface area contributed by atoms with Crippen molar-refractivity contribution in [3.8, 4) is 11.5 Å². The molecule has 0 unspecified atom stereocenters. The van der Waals surface area contributed by atoms with Crippen molar-refractivity contribution in [3.05, 3.63) is 47.5 Å². The Hall–Kier alpha value is -2.78. The molecular formula is C24H31N3O5S. The van der Waals surface area contributed by atoms with Crippen LogP contribution in [0, 0.1) is 0 Å². The maximum atomic E-state index is 13.4. The van der Waals surface area contributed by atoms with Crippen LogP contribution in [0.5, 0.6) is 11.5 Å². The number of hydrogen-bond donors (Lipinski definition) is 1. The number of benzene rings is 2. The number of anilines is 1. The summed E-state index contributed by atoms with van der Waals surface area (Å²) >= 11 is 0. The largest absolute Gasteiger partial charge is 0.497 e. The number of ether oxygens (including phenoxy) is 2. The zero-order valence-electron chi connectivity index (χ0n) is 19.2. The Kier molecular flexibility index (Phi) is 7.09. The predicted octanol–water partition coefficient (Wildman–Crippen LogP) is 3.02. The molecule has 0 bridgehead atoms. The summed E-state index contributed by atoms with van der Waals surface area (Å²) in [6.07, 6.45) is 3.80. The number of methoxy groups -OCH3 is 2. The van der Waals surface area contributed by atoms with Gasteiger partial charge in [0.1, 0.15) is 16.4 Å². The van der Waals surface area contributed by atoms with Gasteiger partial charge in [-0.15, -0.1) is 0 Å². The lowest BCUT2D eigenvalue weighted by Crippen LogP contribution is -2.31. The fourth-order valence-electron chi connectivity index (χ4n) is 4.42. The number of nitrogens with one attached hydrogen (secondary N) is 1. The Labute approximate surface area is 195 Å². The molecule has 2 aliphatic rings. The second kappa shape index (κ2) is 10.0. The van der Waals surface area contributed by atoms with Gasteiger partial charge in [-0.25, -0.2) is 8.42 Å². The smallest absolute Gasteiger partial charge is 0.251 e. The summed E-state index contributed by atoms with van der Waals surface area (Å²) in [5.41, 5.74) is 1.81. The van der Waals surface area contributed by atoms with Crippen molar-refractivity contribution < 1.29 is 22.7 Å². The van der Waals surface area contributed by atoms with E-state index in [4.69, 9.17) is 9.47 Å². The van der Waals surface area contributed by atoms with Crippen molar-refractivity contribution in [3.63, 3.8) is 0 Å². The van der Waals surface area contributed by atoms with E-state index in [9.17, 15) is 13.2 Å². The lowest BCUT2D eigenvalue weighted by molar-refractivity contribution is 0.0950. The van der Waals surface area contributed by atoms with Crippen molar-refractivity contribution in [1.82, 2.24) is 9.62 Å². The molecule has 4 rings (SSSR count). The second-order valence-electron chi connectivity index (χ2n) is 8.35. The van der Waals surface area contributed by atoms with Crippen LogP contribution in [-0.2, 0) is 16.6 Å². The van der Waals surface area contributed by atoms with Crippen LogP contribution >= 0.6 is 0 Å². The van der Waals surface area contributed by atoms with Gasteiger partial charge in [-0.1, -0.05) is 0 Å². The number of hydrogen-bond acceptors (Lipinski definition) is 6. The highest BCUT2D eigenvalue weighted by molar-refractivity contribution is 7.89. The van der Waals surface area contributed by atoms with E-state index in [1.165, 1.54) is 10.4 Å². The second-order valence-corrected chi connectivity index (χ2v) is 10.3. The van der Waals surface area contributed by atoms with Crippen molar-refractivity contribution in [2.45, 2.75) is 37.1 Å². The first-order chi connectivity index (χ1) is 15.9. The van der Waals surface area contributed by atoms with Gasteiger partial charge >= 0.3 is 0 Å². The molecule has 0 atom stereocenters. The fourth-order valence-corrected chi connectivity index (χ4v) is 6.18. The van der Waals surface area contributed by atoms with E-state index >= 15 is 0 Å². The summed E-state index contributed by atoms with van der Waals surface area (Å²) in [7, 11) is -0.529. The molecule has 33 heavy (non-hydrogen) atoms. The van der Waals surface area contributed by atoms with Crippen LogP contribution in [0.4, 0.5) is 5.69 Å². The van der Waals surface area contributed by atoms with Gasteiger partial charge in [-0.2, -0.15) is 4.31 Å². The Morgan fingerprint density at radius 2 is 1.64 bits per heavy atom. The highest BCUT2D eigenvalue weighted by Crippen LogP contribution is 2.33. The molecule has 0 aliphatic carbocycles.